The van der Waals surface area contributed by atoms with Gasteiger partial charge in [0.1, 0.15) is 5.82 Å². The van der Waals surface area contributed by atoms with Gasteiger partial charge >= 0.3 is 6.03 Å². The molecule has 0 spiro atoms. The van der Waals surface area contributed by atoms with Gasteiger partial charge in [0, 0.05) is 17.6 Å². The number of carbonyl (C=O) groups is 2. The summed E-state index contributed by atoms with van der Waals surface area (Å²) in [5.74, 6) is 1.54. The predicted molar refractivity (Wildman–Crippen MR) is 105 cm³/mol. The van der Waals surface area contributed by atoms with E-state index in [9.17, 15) is 14.0 Å². The van der Waals surface area contributed by atoms with E-state index >= 15 is 0 Å². The molecule has 4 aliphatic rings. The van der Waals surface area contributed by atoms with E-state index in [0.29, 0.717) is 12.1 Å². The van der Waals surface area contributed by atoms with Crippen LogP contribution in [0, 0.1) is 23.6 Å². The number of amides is 3. The largest absolute Gasteiger partial charge is 0.332 e. The first-order chi connectivity index (χ1) is 13.3. The zero-order valence-corrected chi connectivity index (χ0v) is 16.7. The van der Waals surface area contributed by atoms with Gasteiger partial charge in [-0.25, -0.2) is 9.18 Å². The Bertz CT molecular complexity index is 731. The third kappa shape index (κ3) is 3.93. The van der Waals surface area contributed by atoms with Crippen molar-refractivity contribution >= 4 is 11.9 Å². The number of nitrogens with zero attached hydrogens (tertiary/aromatic N) is 1. The van der Waals surface area contributed by atoms with Crippen LogP contribution in [0.4, 0.5) is 9.18 Å². The Kier molecular flexibility index (Phi) is 5.17. The molecule has 4 fully saturated rings. The summed E-state index contributed by atoms with van der Waals surface area (Å²) in [6, 6.07) is 5.60. The van der Waals surface area contributed by atoms with E-state index in [-0.39, 0.29) is 17.3 Å². The summed E-state index contributed by atoms with van der Waals surface area (Å²) < 4.78 is 13.8. The van der Waals surface area contributed by atoms with Gasteiger partial charge in [0.05, 0.1) is 6.04 Å². The molecule has 2 N–H and O–H groups in total. The van der Waals surface area contributed by atoms with Crippen molar-refractivity contribution in [3.8, 4) is 0 Å². The second-order valence-corrected chi connectivity index (χ2v) is 9.32. The van der Waals surface area contributed by atoms with E-state index in [4.69, 9.17) is 0 Å². The highest BCUT2D eigenvalue weighted by Gasteiger charge is 2.51. The highest BCUT2D eigenvalue weighted by molar-refractivity contribution is 5.97. The number of hydrogen-bond donors (Lipinski definition) is 2. The molecule has 0 radical (unpaired) electrons. The van der Waals surface area contributed by atoms with Gasteiger partial charge in [0.15, 0.2) is 0 Å². The molecule has 4 saturated carbocycles. The number of nitrogens with one attached hydrogen (secondary N) is 2. The zero-order chi connectivity index (χ0) is 19.9. The third-order valence-electron chi connectivity index (χ3n) is 7.07. The standard InChI is InChI=1S/C22H30FN3O2/c1-14(26(2)13-18-5-3-4-6-19(18)23)20(27)24-21(28)25-22-10-15-7-16(11-22)9-17(8-15)12-22/h3-6,14-17H,7-13H2,1-2H3,(H2,24,25,27,28)/t14-,15?,16?,17?,22?/m0/s1. The first-order valence-corrected chi connectivity index (χ1v) is 10.4. The fraction of sp³-hybridized carbons (Fsp3) is 0.636. The molecular weight excluding hydrogens is 357 g/mol. The van der Waals surface area contributed by atoms with Crippen molar-refractivity contribution in [1.29, 1.82) is 0 Å². The van der Waals surface area contributed by atoms with Gasteiger partial charge in [0.25, 0.3) is 0 Å². The van der Waals surface area contributed by atoms with Gasteiger partial charge in [-0.2, -0.15) is 0 Å². The molecule has 1 aromatic rings. The van der Waals surface area contributed by atoms with E-state index in [0.717, 1.165) is 37.0 Å². The fourth-order valence-electron chi connectivity index (χ4n) is 5.98. The van der Waals surface area contributed by atoms with Crippen molar-refractivity contribution in [2.45, 2.75) is 63.6 Å². The van der Waals surface area contributed by atoms with Crippen molar-refractivity contribution in [3.63, 3.8) is 0 Å². The monoisotopic (exact) mass is 387 g/mol. The van der Waals surface area contributed by atoms with Crippen LogP contribution < -0.4 is 10.6 Å². The van der Waals surface area contributed by atoms with Crippen LogP contribution in [-0.4, -0.2) is 35.5 Å². The number of hydrogen-bond acceptors (Lipinski definition) is 3. The lowest BCUT2D eigenvalue weighted by Crippen LogP contribution is -2.62. The first-order valence-electron chi connectivity index (χ1n) is 10.4. The highest BCUT2D eigenvalue weighted by atomic mass is 19.1. The normalized spacial score (nSPS) is 31.6. The lowest BCUT2D eigenvalue weighted by atomic mass is 9.53. The number of benzene rings is 1. The lowest BCUT2D eigenvalue weighted by molar-refractivity contribution is -0.124. The van der Waals surface area contributed by atoms with Crippen LogP contribution in [-0.2, 0) is 11.3 Å². The summed E-state index contributed by atoms with van der Waals surface area (Å²) >= 11 is 0. The first kappa shape index (κ1) is 19.4. The predicted octanol–water partition coefficient (Wildman–Crippen LogP) is 3.44. The summed E-state index contributed by atoms with van der Waals surface area (Å²) in [6.45, 7) is 2.03. The lowest BCUT2D eigenvalue weighted by Gasteiger charge is -2.56. The summed E-state index contributed by atoms with van der Waals surface area (Å²) in [4.78, 5) is 26.8. The Labute approximate surface area is 166 Å². The van der Waals surface area contributed by atoms with Crippen molar-refractivity contribution in [2.24, 2.45) is 17.8 Å². The van der Waals surface area contributed by atoms with Crippen LogP contribution in [0.25, 0.3) is 0 Å². The molecule has 0 saturated heterocycles. The van der Waals surface area contributed by atoms with E-state index in [2.05, 4.69) is 10.6 Å². The minimum Gasteiger partial charge on any atom is -0.332 e. The summed E-state index contributed by atoms with van der Waals surface area (Å²) in [7, 11) is 1.76. The molecule has 5 rings (SSSR count). The second kappa shape index (κ2) is 7.47. The van der Waals surface area contributed by atoms with Crippen LogP contribution >= 0.6 is 0 Å². The number of rotatable bonds is 5. The number of carbonyl (C=O) groups excluding carboxylic acids is 2. The molecule has 28 heavy (non-hydrogen) atoms. The zero-order valence-electron chi connectivity index (χ0n) is 16.7. The molecule has 4 aliphatic carbocycles. The minimum absolute atomic E-state index is 0.124. The Balaban J connectivity index is 1.31. The molecule has 0 aliphatic heterocycles. The summed E-state index contributed by atoms with van der Waals surface area (Å²) in [5.41, 5.74) is 0.407. The Hall–Kier alpha value is -1.95. The number of likely N-dealkylation sites (N-methyl/N-ethyl adjacent to an activating group) is 1. The minimum atomic E-state index is -0.540. The summed E-state index contributed by atoms with van der Waals surface area (Å²) in [6.07, 6.45) is 7.05. The average molecular weight is 387 g/mol. The fourth-order valence-corrected chi connectivity index (χ4v) is 5.98. The maximum absolute atomic E-state index is 13.8. The second-order valence-electron chi connectivity index (χ2n) is 9.32. The Morgan fingerprint density at radius 3 is 2.29 bits per heavy atom. The molecule has 5 nitrogen and oxygen atoms in total. The maximum Gasteiger partial charge on any atom is 0.321 e. The van der Waals surface area contributed by atoms with Crippen molar-refractivity contribution in [2.75, 3.05) is 7.05 Å². The number of halogens is 1. The topological polar surface area (TPSA) is 61.4 Å². The molecular formula is C22H30FN3O2. The van der Waals surface area contributed by atoms with Crippen molar-refractivity contribution in [3.05, 3.63) is 35.6 Å². The van der Waals surface area contributed by atoms with Gasteiger partial charge in [-0.05, 0) is 76.3 Å². The van der Waals surface area contributed by atoms with Crippen molar-refractivity contribution in [1.82, 2.24) is 15.5 Å². The number of urea groups is 1. The molecule has 152 valence electrons. The van der Waals surface area contributed by atoms with Gasteiger partial charge < -0.3 is 5.32 Å². The molecule has 0 heterocycles. The Morgan fingerprint density at radius 2 is 1.71 bits per heavy atom. The van der Waals surface area contributed by atoms with Gasteiger partial charge in [-0.1, -0.05) is 18.2 Å². The van der Waals surface area contributed by atoms with Gasteiger partial charge in [-0.3, -0.25) is 15.0 Å². The molecule has 1 atom stereocenters. The van der Waals surface area contributed by atoms with Crippen LogP contribution in [0.3, 0.4) is 0 Å². The molecule has 6 heteroatoms. The van der Waals surface area contributed by atoms with Crippen LogP contribution in [0.2, 0.25) is 0 Å². The van der Waals surface area contributed by atoms with Crippen LogP contribution in [0.1, 0.15) is 51.0 Å². The van der Waals surface area contributed by atoms with Crippen LogP contribution in [0.15, 0.2) is 24.3 Å². The van der Waals surface area contributed by atoms with E-state index in [1.807, 2.05) is 0 Å². The van der Waals surface area contributed by atoms with Crippen molar-refractivity contribution < 1.29 is 14.0 Å². The smallest absolute Gasteiger partial charge is 0.321 e. The highest BCUT2D eigenvalue weighted by Crippen LogP contribution is 2.55. The average Bonchev–Trinajstić information content (AvgIpc) is 2.61. The molecule has 1 aromatic carbocycles. The molecule has 0 aromatic heterocycles. The van der Waals surface area contributed by atoms with E-state index < -0.39 is 12.1 Å². The maximum atomic E-state index is 13.8. The quantitative estimate of drug-likeness (QED) is 0.814. The van der Waals surface area contributed by atoms with Gasteiger partial charge in [-0.15, -0.1) is 0 Å². The number of imide groups is 1. The van der Waals surface area contributed by atoms with Crippen LogP contribution in [0.5, 0.6) is 0 Å². The summed E-state index contributed by atoms with van der Waals surface area (Å²) in [5, 5.41) is 5.67. The molecule has 0 unspecified atom stereocenters. The van der Waals surface area contributed by atoms with Gasteiger partial charge in [0.2, 0.25) is 5.91 Å². The SMILES string of the molecule is C[C@@H](C(=O)NC(=O)NC12CC3CC(CC(C3)C1)C2)N(C)Cc1ccccc1F. The molecule has 3 amide bonds. The molecule has 4 bridgehead atoms. The third-order valence-corrected chi connectivity index (χ3v) is 7.07. The van der Waals surface area contributed by atoms with E-state index in [1.165, 1.54) is 25.3 Å². The Morgan fingerprint density at radius 1 is 1.14 bits per heavy atom. The van der Waals surface area contributed by atoms with E-state index in [1.54, 1.807) is 37.1 Å².